The average molecular weight is 245 g/mol. The van der Waals surface area contributed by atoms with Gasteiger partial charge in [-0.05, 0) is 30.5 Å². The van der Waals surface area contributed by atoms with Gasteiger partial charge in [-0.15, -0.1) is 0 Å². The SMILES string of the molecule is O=CCCCc1ccc(F)cc1Br. The lowest BCUT2D eigenvalue weighted by Crippen LogP contribution is -1.88. The van der Waals surface area contributed by atoms with E-state index in [9.17, 15) is 9.18 Å². The van der Waals surface area contributed by atoms with Gasteiger partial charge >= 0.3 is 0 Å². The molecule has 0 aliphatic carbocycles. The van der Waals surface area contributed by atoms with Crippen LogP contribution in [-0.2, 0) is 11.2 Å². The van der Waals surface area contributed by atoms with E-state index in [2.05, 4.69) is 15.9 Å². The van der Waals surface area contributed by atoms with Crippen LogP contribution in [0.25, 0.3) is 0 Å². The molecule has 0 radical (unpaired) electrons. The Morgan fingerprint density at radius 1 is 1.46 bits per heavy atom. The quantitative estimate of drug-likeness (QED) is 0.588. The zero-order chi connectivity index (χ0) is 9.68. The number of halogens is 2. The highest BCUT2D eigenvalue weighted by Crippen LogP contribution is 2.19. The molecule has 70 valence electrons. The molecule has 0 bridgehead atoms. The second kappa shape index (κ2) is 5.12. The van der Waals surface area contributed by atoms with E-state index in [1.54, 1.807) is 6.07 Å². The number of carbonyl (C=O) groups excluding carboxylic acids is 1. The molecule has 0 aliphatic heterocycles. The van der Waals surface area contributed by atoms with E-state index in [-0.39, 0.29) is 5.82 Å². The fraction of sp³-hybridized carbons (Fsp3) is 0.300. The van der Waals surface area contributed by atoms with E-state index in [0.717, 1.165) is 29.2 Å². The Kier molecular flexibility index (Phi) is 4.09. The summed E-state index contributed by atoms with van der Waals surface area (Å²) in [7, 11) is 0. The normalized spacial score (nSPS) is 10.0. The maximum absolute atomic E-state index is 12.6. The fourth-order valence-corrected chi connectivity index (χ4v) is 1.65. The predicted octanol–water partition coefficient (Wildman–Crippen LogP) is 3.11. The van der Waals surface area contributed by atoms with Crippen LogP contribution in [-0.4, -0.2) is 6.29 Å². The lowest BCUT2D eigenvalue weighted by Gasteiger charge is -2.02. The fourth-order valence-electron chi connectivity index (χ4n) is 1.10. The van der Waals surface area contributed by atoms with E-state index in [4.69, 9.17) is 0 Å². The molecule has 3 heteroatoms. The molecule has 0 spiro atoms. The van der Waals surface area contributed by atoms with Crippen molar-refractivity contribution < 1.29 is 9.18 Å². The molecule has 0 aromatic heterocycles. The van der Waals surface area contributed by atoms with Crippen molar-refractivity contribution in [1.29, 1.82) is 0 Å². The maximum Gasteiger partial charge on any atom is 0.124 e. The van der Waals surface area contributed by atoms with Crippen molar-refractivity contribution in [3.05, 3.63) is 34.1 Å². The van der Waals surface area contributed by atoms with E-state index in [0.29, 0.717) is 6.42 Å². The standard InChI is InChI=1S/C10H10BrFO/c11-10-7-9(12)5-4-8(10)3-1-2-6-13/h4-7H,1-3H2. The van der Waals surface area contributed by atoms with Crippen LogP contribution in [0, 0.1) is 5.82 Å². The molecular weight excluding hydrogens is 235 g/mol. The van der Waals surface area contributed by atoms with Crippen molar-refractivity contribution >= 4 is 22.2 Å². The molecule has 0 unspecified atom stereocenters. The van der Waals surface area contributed by atoms with Crippen molar-refractivity contribution in [1.82, 2.24) is 0 Å². The number of hydrogen-bond acceptors (Lipinski definition) is 1. The molecule has 1 aromatic carbocycles. The van der Waals surface area contributed by atoms with Gasteiger partial charge in [0, 0.05) is 10.9 Å². The van der Waals surface area contributed by atoms with E-state index in [1.807, 2.05) is 0 Å². The van der Waals surface area contributed by atoms with Gasteiger partial charge in [0.1, 0.15) is 12.1 Å². The number of aryl methyl sites for hydroxylation is 1. The second-order valence-electron chi connectivity index (χ2n) is 2.79. The number of aldehydes is 1. The largest absolute Gasteiger partial charge is 0.303 e. The van der Waals surface area contributed by atoms with E-state index in [1.165, 1.54) is 12.1 Å². The lowest BCUT2D eigenvalue weighted by atomic mass is 10.1. The monoisotopic (exact) mass is 244 g/mol. The van der Waals surface area contributed by atoms with Gasteiger partial charge in [0.25, 0.3) is 0 Å². The number of hydrogen-bond donors (Lipinski definition) is 0. The Morgan fingerprint density at radius 3 is 2.85 bits per heavy atom. The van der Waals surface area contributed by atoms with Gasteiger partial charge in [0.15, 0.2) is 0 Å². The van der Waals surface area contributed by atoms with Crippen molar-refractivity contribution in [3.63, 3.8) is 0 Å². The molecule has 0 saturated heterocycles. The summed E-state index contributed by atoms with van der Waals surface area (Å²) in [4.78, 5) is 10.1. The third-order valence-electron chi connectivity index (χ3n) is 1.78. The summed E-state index contributed by atoms with van der Waals surface area (Å²) >= 11 is 3.27. The van der Waals surface area contributed by atoms with Crippen LogP contribution >= 0.6 is 15.9 Å². The van der Waals surface area contributed by atoms with Crippen molar-refractivity contribution in [2.24, 2.45) is 0 Å². The first-order valence-corrected chi connectivity index (χ1v) is 4.91. The van der Waals surface area contributed by atoms with Gasteiger partial charge in [-0.1, -0.05) is 22.0 Å². The molecule has 0 heterocycles. The Morgan fingerprint density at radius 2 is 2.23 bits per heavy atom. The number of carbonyl (C=O) groups is 1. The molecule has 0 amide bonds. The zero-order valence-electron chi connectivity index (χ0n) is 7.09. The van der Waals surface area contributed by atoms with Crippen molar-refractivity contribution in [3.8, 4) is 0 Å². The molecule has 1 aromatic rings. The Labute approximate surface area is 85.1 Å². The molecule has 13 heavy (non-hydrogen) atoms. The summed E-state index contributed by atoms with van der Waals surface area (Å²) in [5.74, 6) is -0.244. The van der Waals surface area contributed by atoms with Gasteiger partial charge < -0.3 is 4.79 Å². The Bertz CT molecular complexity index is 299. The summed E-state index contributed by atoms with van der Waals surface area (Å²) in [6, 6.07) is 4.61. The van der Waals surface area contributed by atoms with Crippen LogP contribution in [0.2, 0.25) is 0 Å². The molecular formula is C10H10BrFO. The van der Waals surface area contributed by atoms with Gasteiger partial charge in [0.05, 0.1) is 0 Å². The van der Waals surface area contributed by atoms with Crippen molar-refractivity contribution in [2.45, 2.75) is 19.3 Å². The van der Waals surface area contributed by atoms with Gasteiger partial charge in [-0.25, -0.2) is 4.39 Å². The molecule has 0 atom stereocenters. The highest BCUT2D eigenvalue weighted by atomic mass is 79.9. The molecule has 1 nitrogen and oxygen atoms in total. The molecule has 0 N–H and O–H groups in total. The number of benzene rings is 1. The van der Waals surface area contributed by atoms with Gasteiger partial charge in [-0.3, -0.25) is 0 Å². The van der Waals surface area contributed by atoms with Crippen LogP contribution in [0.4, 0.5) is 4.39 Å². The summed E-state index contributed by atoms with van der Waals surface area (Å²) in [6.45, 7) is 0. The topological polar surface area (TPSA) is 17.1 Å². The van der Waals surface area contributed by atoms with Crippen LogP contribution in [0.3, 0.4) is 0 Å². The second-order valence-corrected chi connectivity index (χ2v) is 3.65. The van der Waals surface area contributed by atoms with Crippen LogP contribution in [0.15, 0.2) is 22.7 Å². The third-order valence-corrected chi connectivity index (χ3v) is 2.52. The smallest absolute Gasteiger partial charge is 0.124 e. The highest BCUT2D eigenvalue weighted by molar-refractivity contribution is 9.10. The first kappa shape index (κ1) is 10.4. The molecule has 0 saturated carbocycles. The summed E-state index contributed by atoms with van der Waals surface area (Å²) in [5.41, 5.74) is 1.04. The zero-order valence-corrected chi connectivity index (χ0v) is 8.68. The Balaban J connectivity index is 2.61. The predicted molar refractivity (Wildman–Crippen MR) is 53.1 cm³/mol. The van der Waals surface area contributed by atoms with Crippen LogP contribution < -0.4 is 0 Å². The van der Waals surface area contributed by atoms with Crippen molar-refractivity contribution in [2.75, 3.05) is 0 Å². The molecule has 1 rings (SSSR count). The van der Waals surface area contributed by atoms with Crippen LogP contribution in [0.5, 0.6) is 0 Å². The summed E-state index contributed by atoms with van der Waals surface area (Å²) in [5, 5.41) is 0. The van der Waals surface area contributed by atoms with Gasteiger partial charge in [-0.2, -0.15) is 0 Å². The first-order valence-electron chi connectivity index (χ1n) is 4.11. The molecule has 0 fully saturated rings. The third kappa shape index (κ3) is 3.27. The van der Waals surface area contributed by atoms with Gasteiger partial charge in [0.2, 0.25) is 0 Å². The summed E-state index contributed by atoms with van der Waals surface area (Å²) in [6.07, 6.45) is 3.08. The first-order chi connectivity index (χ1) is 6.24. The molecule has 0 aliphatic rings. The minimum Gasteiger partial charge on any atom is -0.303 e. The van der Waals surface area contributed by atoms with E-state index < -0.39 is 0 Å². The minimum atomic E-state index is -0.244. The lowest BCUT2D eigenvalue weighted by molar-refractivity contribution is -0.107. The average Bonchev–Trinajstić information content (AvgIpc) is 2.09. The minimum absolute atomic E-state index is 0.244. The summed E-state index contributed by atoms with van der Waals surface area (Å²) < 4.78 is 13.4. The van der Waals surface area contributed by atoms with E-state index >= 15 is 0 Å². The Hall–Kier alpha value is -0.700. The number of unbranched alkanes of at least 4 members (excludes halogenated alkanes) is 1. The highest BCUT2D eigenvalue weighted by Gasteiger charge is 2.00. The maximum atomic E-state index is 12.6. The van der Waals surface area contributed by atoms with Crippen LogP contribution in [0.1, 0.15) is 18.4 Å². The number of rotatable bonds is 4.